The summed E-state index contributed by atoms with van der Waals surface area (Å²) in [6, 6.07) is 4.02. The molecule has 11 heteroatoms. The summed E-state index contributed by atoms with van der Waals surface area (Å²) >= 11 is 1.66. The van der Waals surface area contributed by atoms with Crippen LogP contribution >= 0.6 is 35.3 Å². The summed E-state index contributed by atoms with van der Waals surface area (Å²) < 4.78 is 48.8. The number of rotatable bonds is 6. The molecule has 1 aromatic rings. The Kier molecular flexibility index (Phi) is 9.52. The molecule has 2 heterocycles. The molecule has 0 unspecified atom stereocenters. The van der Waals surface area contributed by atoms with Gasteiger partial charge in [-0.1, -0.05) is 6.07 Å². The maximum absolute atomic E-state index is 12.5. The summed E-state index contributed by atoms with van der Waals surface area (Å²) in [4.78, 5) is 5.34. The Morgan fingerprint density at radius 2 is 2.08 bits per heavy atom. The first-order chi connectivity index (χ1) is 11.4. The molecule has 1 fully saturated rings. The lowest BCUT2D eigenvalue weighted by molar-refractivity contribution is 0.204. The minimum absolute atomic E-state index is 0. The van der Waals surface area contributed by atoms with Crippen LogP contribution in [-0.4, -0.2) is 51.1 Å². The Balaban J connectivity index is 0.00000312. The fourth-order valence-corrected chi connectivity index (χ4v) is 4.12. The van der Waals surface area contributed by atoms with E-state index in [0.717, 1.165) is 4.31 Å². The second-order valence-corrected chi connectivity index (χ2v) is 8.47. The van der Waals surface area contributed by atoms with E-state index in [9.17, 15) is 17.2 Å². The average molecular weight is 508 g/mol. The lowest BCUT2D eigenvalue weighted by atomic mass is 9.98. The van der Waals surface area contributed by atoms with Crippen molar-refractivity contribution >= 4 is 51.3 Å². The first kappa shape index (κ1) is 22.5. The Bertz CT molecular complexity index is 633. The van der Waals surface area contributed by atoms with Gasteiger partial charge in [-0.25, -0.2) is 8.42 Å². The molecule has 0 aliphatic carbocycles. The van der Waals surface area contributed by atoms with Crippen LogP contribution in [0.3, 0.4) is 0 Å². The van der Waals surface area contributed by atoms with Gasteiger partial charge in [-0.2, -0.15) is 13.1 Å². The zero-order chi connectivity index (χ0) is 17.6. The number of hydrogen-bond acceptors (Lipinski definition) is 4. The fourth-order valence-electron chi connectivity index (χ4n) is 2.53. The summed E-state index contributed by atoms with van der Waals surface area (Å²) in [6.07, 6.45) is 1.11. The Hall–Kier alpha value is -0.530. The topological polar surface area (TPSA) is 73.8 Å². The molecule has 2 N–H and O–H groups in total. The molecule has 0 atom stereocenters. The minimum atomic E-state index is -4.45. The van der Waals surface area contributed by atoms with E-state index in [1.165, 1.54) is 4.88 Å². The van der Waals surface area contributed by atoms with Gasteiger partial charge in [-0.05, 0) is 30.2 Å². The van der Waals surface area contributed by atoms with Gasteiger partial charge in [0.2, 0.25) is 0 Å². The number of piperidine rings is 1. The highest BCUT2D eigenvalue weighted by molar-refractivity contribution is 14.0. The lowest BCUT2D eigenvalue weighted by Gasteiger charge is -2.31. The van der Waals surface area contributed by atoms with Crippen molar-refractivity contribution in [2.75, 3.05) is 26.7 Å². The molecular formula is C14H23F2IN4O2S2. The quantitative estimate of drug-likeness (QED) is 0.352. The molecule has 1 aromatic heterocycles. The number of thiophene rings is 1. The molecule has 0 radical (unpaired) electrons. The average Bonchev–Trinajstić information content (AvgIpc) is 3.08. The van der Waals surface area contributed by atoms with E-state index in [-0.39, 0.29) is 43.0 Å². The molecular weight excluding hydrogens is 485 g/mol. The maximum atomic E-state index is 12.5. The molecule has 0 amide bonds. The number of halogens is 3. The first-order valence-corrected chi connectivity index (χ1v) is 10.1. The third-order valence-electron chi connectivity index (χ3n) is 3.95. The van der Waals surface area contributed by atoms with E-state index < -0.39 is 15.8 Å². The number of nitrogens with zero attached hydrogens (tertiary/aromatic N) is 2. The number of aliphatic imine (C=N–C) groups is 1. The summed E-state index contributed by atoms with van der Waals surface area (Å²) in [5.41, 5.74) is 0. The third-order valence-corrected chi connectivity index (χ3v) is 6.36. The van der Waals surface area contributed by atoms with Crippen molar-refractivity contribution < 1.29 is 17.2 Å². The van der Waals surface area contributed by atoms with Crippen molar-refractivity contribution in [2.24, 2.45) is 10.9 Å². The van der Waals surface area contributed by atoms with E-state index in [4.69, 9.17) is 0 Å². The SMILES string of the molecule is CN=C(NCc1cccs1)NCC1CCN(S(=O)(=O)C(F)F)CC1.I. The number of guanidine groups is 1. The lowest BCUT2D eigenvalue weighted by Crippen LogP contribution is -2.45. The normalized spacial score (nSPS) is 17.4. The third kappa shape index (κ3) is 6.61. The van der Waals surface area contributed by atoms with Crippen LogP contribution in [0.5, 0.6) is 0 Å². The van der Waals surface area contributed by atoms with Gasteiger partial charge in [0.25, 0.3) is 10.0 Å². The van der Waals surface area contributed by atoms with Crippen LogP contribution < -0.4 is 10.6 Å². The Morgan fingerprint density at radius 3 is 2.60 bits per heavy atom. The zero-order valence-electron chi connectivity index (χ0n) is 13.8. The van der Waals surface area contributed by atoms with Crippen molar-refractivity contribution in [2.45, 2.75) is 25.1 Å². The van der Waals surface area contributed by atoms with Crippen LogP contribution in [0.1, 0.15) is 17.7 Å². The Morgan fingerprint density at radius 1 is 1.40 bits per heavy atom. The van der Waals surface area contributed by atoms with Crippen LogP contribution in [0.2, 0.25) is 0 Å². The van der Waals surface area contributed by atoms with E-state index in [2.05, 4.69) is 15.6 Å². The predicted octanol–water partition coefficient (Wildman–Crippen LogP) is 2.30. The van der Waals surface area contributed by atoms with Crippen LogP contribution in [-0.2, 0) is 16.6 Å². The summed E-state index contributed by atoms with van der Waals surface area (Å²) in [6.45, 7) is 1.59. The maximum Gasteiger partial charge on any atom is 0.350 e. The molecule has 0 aromatic carbocycles. The van der Waals surface area contributed by atoms with Crippen molar-refractivity contribution in [1.82, 2.24) is 14.9 Å². The monoisotopic (exact) mass is 508 g/mol. The molecule has 0 saturated carbocycles. The highest BCUT2D eigenvalue weighted by Gasteiger charge is 2.34. The molecule has 25 heavy (non-hydrogen) atoms. The van der Waals surface area contributed by atoms with Crippen LogP contribution in [0.25, 0.3) is 0 Å². The van der Waals surface area contributed by atoms with E-state index >= 15 is 0 Å². The second kappa shape index (κ2) is 10.6. The second-order valence-electron chi connectivity index (χ2n) is 5.53. The smallest absolute Gasteiger partial charge is 0.350 e. The van der Waals surface area contributed by atoms with Gasteiger partial charge in [-0.15, -0.1) is 35.3 Å². The molecule has 1 saturated heterocycles. The van der Waals surface area contributed by atoms with Crippen molar-refractivity contribution in [3.05, 3.63) is 22.4 Å². The highest BCUT2D eigenvalue weighted by atomic mass is 127. The van der Waals surface area contributed by atoms with Gasteiger partial charge in [0.15, 0.2) is 5.96 Å². The van der Waals surface area contributed by atoms with Gasteiger partial charge in [0, 0.05) is 31.6 Å². The predicted molar refractivity (Wildman–Crippen MR) is 107 cm³/mol. The molecule has 6 nitrogen and oxygen atoms in total. The first-order valence-electron chi connectivity index (χ1n) is 7.67. The van der Waals surface area contributed by atoms with Gasteiger partial charge in [0.05, 0.1) is 6.54 Å². The number of hydrogen-bond donors (Lipinski definition) is 2. The van der Waals surface area contributed by atoms with E-state index in [1.807, 2.05) is 17.5 Å². The van der Waals surface area contributed by atoms with Gasteiger partial charge >= 0.3 is 5.76 Å². The molecule has 0 bridgehead atoms. The molecule has 1 aliphatic heterocycles. The molecule has 2 rings (SSSR count). The van der Waals surface area contributed by atoms with E-state index in [0.29, 0.717) is 31.9 Å². The largest absolute Gasteiger partial charge is 0.356 e. The molecule has 1 aliphatic rings. The molecule has 144 valence electrons. The summed E-state index contributed by atoms with van der Waals surface area (Å²) in [7, 11) is -2.77. The molecule has 0 spiro atoms. The van der Waals surface area contributed by atoms with E-state index in [1.54, 1.807) is 18.4 Å². The van der Waals surface area contributed by atoms with Crippen LogP contribution in [0.15, 0.2) is 22.5 Å². The van der Waals surface area contributed by atoms with Crippen molar-refractivity contribution in [3.63, 3.8) is 0 Å². The van der Waals surface area contributed by atoms with Gasteiger partial charge in [-0.3, -0.25) is 4.99 Å². The Labute approximate surface area is 168 Å². The van der Waals surface area contributed by atoms with Crippen LogP contribution in [0.4, 0.5) is 8.78 Å². The highest BCUT2D eigenvalue weighted by Crippen LogP contribution is 2.22. The van der Waals surface area contributed by atoms with Gasteiger partial charge in [0.1, 0.15) is 0 Å². The number of alkyl halides is 2. The summed E-state index contributed by atoms with van der Waals surface area (Å²) in [5.74, 6) is -2.44. The zero-order valence-corrected chi connectivity index (χ0v) is 17.8. The standard InChI is InChI=1S/C14H22F2N4O2S2.HI/c1-17-14(19-10-12-3-2-8-23-12)18-9-11-4-6-20(7-5-11)24(21,22)13(15)16;/h2-3,8,11,13H,4-7,9-10H2,1H3,(H2,17,18,19);1H. The minimum Gasteiger partial charge on any atom is -0.356 e. The fraction of sp³-hybridized carbons (Fsp3) is 0.643. The summed E-state index contributed by atoms with van der Waals surface area (Å²) in [5, 5.41) is 8.42. The number of nitrogens with one attached hydrogen (secondary N) is 2. The van der Waals surface area contributed by atoms with Crippen molar-refractivity contribution in [3.8, 4) is 0 Å². The number of sulfonamides is 1. The van der Waals surface area contributed by atoms with Gasteiger partial charge < -0.3 is 10.6 Å². The van der Waals surface area contributed by atoms with Crippen LogP contribution in [0, 0.1) is 5.92 Å². The van der Waals surface area contributed by atoms with Crippen molar-refractivity contribution in [1.29, 1.82) is 0 Å².